The number of piperidine rings is 1. The molecule has 0 aliphatic carbocycles. The van der Waals surface area contributed by atoms with Crippen molar-refractivity contribution >= 4 is 5.91 Å². The third-order valence-electron chi connectivity index (χ3n) is 6.46. The zero-order chi connectivity index (χ0) is 23.2. The van der Waals surface area contributed by atoms with Crippen LogP contribution in [0.2, 0.25) is 0 Å². The topological polar surface area (TPSA) is 54.3 Å². The number of aromatic nitrogens is 3. The van der Waals surface area contributed by atoms with E-state index in [9.17, 15) is 4.79 Å². The van der Waals surface area contributed by atoms with Crippen LogP contribution in [-0.4, -0.2) is 49.6 Å². The summed E-state index contributed by atoms with van der Waals surface area (Å²) >= 11 is 0. The lowest BCUT2D eigenvalue weighted by molar-refractivity contribution is 0.0594. The minimum atomic E-state index is 0.0515. The predicted molar refractivity (Wildman–Crippen MR) is 132 cm³/mol. The number of pyridine rings is 1. The van der Waals surface area contributed by atoms with E-state index in [-0.39, 0.29) is 5.91 Å². The van der Waals surface area contributed by atoms with Gasteiger partial charge in [-0.3, -0.25) is 9.69 Å². The van der Waals surface area contributed by atoms with Gasteiger partial charge in [0.15, 0.2) is 5.82 Å². The molecule has 1 aliphatic heterocycles. The van der Waals surface area contributed by atoms with Crippen molar-refractivity contribution in [2.75, 3.05) is 13.1 Å². The molecule has 5 rings (SSSR count). The maximum atomic E-state index is 13.1. The van der Waals surface area contributed by atoms with E-state index in [4.69, 9.17) is 0 Å². The van der Waals surface area contributed by atoms with Gasteiger partial charge in [-0.2, -0.15) is 5.10 Å². The zero-order valence-electron chi connectivity index (χ0n) is 19.2. The molecule has 2 aromatic heterocycles. The summed E-state index contributed by atoms with van der Waals surface area (Å²) in [5.74, 6) is 0.758. The summed E-state index contributed by atoms with van der Waals surface area (Å²) in [6.07, 6.45) is 7.13. The lowest BCUT2D eigenvalue weighted by Gasteiger charge is -2.38. The zero-order valence-corrected chi connectivity index (χ0v) is 19.2. The van der Waals surface area contributed by atoms with Gasteiger partial charge in [0.05, 0.1) is 5.56 Å². The summed E-state index contributed by atoms with van der Waals surface area (Å²) in [6, 6.07) is 27.3. The van der Waals surface area contributed by atoms with Crippen LogP contribution in [0.25, 0.3) is 5.82 Å². The molecule has 34 heavy (non-hydrogen) atoms. The number of benzene rings is 2. The van der Waals surface area contributed by atoms with Gasteiger partial charge in [-0.15, -0.1) is 0 Å². The Morgan fingerprint density at radius 2 is 1.50 bits per heavy atom. The van der Waals surface area contributed by atoms with E-state index in [0.717, 1.165) is 39.0 Å². The lowest BCUT2D eigenvalue weighted by atomic mass is 10.0. The maximum Gasteiger partial charge on any atom is 0.255 e. The highest BCUT2D eigenvalue weighted by Crippen LogP contribution is 2.23. The van der Waals surface area contributed by atoms with Gasteiger partial charge in [-0.25, -0.2) is 9.67 Å². The Bertz CT molecular complexity index is 1130. The molecule has 4 aromatic rings. The molecule has 1 aliphatic rings. The number of amides is 1. The smallest absolute Gasteiger partial charge is 0.255 e. The highest BCUT2D eigenvalue weighted by atomic mass is 16.2. The molecule has 0 radical (unpaired) electrons. The summed E-state index contributed by atoms with van der Waals surface area (Å²) in [6.45, 7) is 3.33. The van der Waals surface area contributed by atoms with Crippen LogP contribution in [0.3, 0.4) is 0 Å². The molecular weight excluding hydrogens is 422 g/mol. The Kier molecular flexibility index (Phi) is 6.77. The first-order valence-corrected chi connectivity index (χ1v) is 11.8. The Balaban J connectivity index is 1.23. The van der Waals surface area contributed by atoms with Gasteiger partial charge in [-0.1, -0.05) is 60.7 Å². The normalized spacial score (nSPS) is 14.4. The summed E-state index contributed by atoms with van der Waals surface area (Å²) in [5.41, 5.74) is 3.26. The lowest BCUT2D eigenvalue weighted by Crippen LogP contribution is -2.46. The predicted octanol–water partition coefficient (Wildman–Crippen LogP) is 4.57. The van der Waals surface area contributed by atoms with Gasteiger partial charge >= 0.3 is 0 Å². The standard InChI is InChI=1S/C28H29N5O/c34-28(25-12-13-27(29-20-25)33-17-7-16-30-33)31-18-14-26(15-19-31)32(21-23-8-3-1-4-9-23)22-24-10-5-2-6-11-24/h1-13,16-17,20,26H,14-15,18-19,21-22H2. The summed E-state index contributed by atoms with van der Waals surface area (Å²) in [4.78, 5) is 22.0. The SMILES string of the molecule is O=C(c1ccc(-n2cccn2)nc1)N1CCC(N(Cc2ccccc2)Cc2ccccc2)CC1. The van der Waals surface area contributed by atoms with Crippen LogP contribution in [0.15, 0.2) is 97.5 Å². The van der Waals surface area contributed by atoms with Gasteiger partial charge in [-0.05, 0) is 42.2 Å². The van der Waals surface area contributed by atoms with E-state index in [1.54, 1.807) is 17.1 Å². The van der Waals surface area contributed by atoms with Crippen LogP contribution in [0.5, 0.6) is 0 Å². The van der Waals surface area contributed by atoms with E-state index in [0.29, 0.717) is 17.4 Å². The van der Waals surface area contributed by atoms with Gasteiger partial charge in [0, 0.05) is 50.8 Å². The minimum Gasteiger partial charge on any atom is -0.338 e. The molecule has 2 aromatic carbocycles. The first-order chi connectivity index (χ1) is 16.8. The maximum absolute atomic E-state index is 13.1. The molecule has 0 atom stereocenters. The molecule has 1 saturated heterocycles. The number of nitrogens with zero attached hydrogens (tertiary/aromatic N) is 5. The number of rotatable bonds is 7. The van der Waals surface area contributed by atoms with E-state index in [1.807, 2.05) is 29.3 Å². The van der Waals surface area contributed by atoms with Crippen LogP contribution in [0, 0.1) is 0 Å². The van der Waals surface area contributed by atoms with E-state index in [1.165, 1.54) is 11.1 Å². The van der Waals surface area contributed by atoms with Crippen molar-refractivity contribution in [3.05, 3.63) is 114 Å². The van der Waals surface area contributed by atoms with Crippen molar-refractivity contribution in [3.63, 3.8) is 0 Å². The fraction of sp³-hybridized carbons (Fsp3) is 0.250. The fourth-order valence-corrected chi connectivity index (χ4v) is 4.62. The number of hydrogen-bond acceptors (Lipinski definition) is 4. The highest BCUT2D eigenvalue weighted by molar-refractivity contribution is 5.94. The third-order valence-corrected chi connectivity index (χ3v) is 6.46. The second-order valence-electron chi connectivity index (χ2n) is 8.76. The van der Waals surface area contributed by atoms with Crippen molar-refractivity contribution in [2.24, 2.45) is 0 Å². The fourth-order valence-electron chi connectivity index (χ4n) is 4.62. The molecule has 1 amide bonds. The molecule has 1 fully saturated rings. The third kappa shape index (κ3) is 5.24. The van der Waals surface area contributed by atoms with E-state index in [2.05, 4.69) is 75.6 Å². The molecular formula is C28H29N5O. The Hall–Kier alpha value is -3.77. The average molecular weight is 452 g/mol. The number of hydrogen-bond donors (Lipinski definition) is 0. The first-order valence-electron chi connectivity index (χ1n) is 11.8. The highest BCUT2D eigenvalue weighted by Gasteiger charge is 2.28. The molecule has 6 nitrogen and oxygen atoms in total. The Morgan fingerprint density at radius 3 is 2.03 bits per heavy atom. The quantitative estimate of drug-likeness (QED) is 0.413. The van der Waals surface area contributed by atoms with Crippen molar-refractivity contribution in [1.82, 2.24) is 24.6 Å². The molecule has 0 saturated carbocycles. The Labute approximate surface area is 200 Å². The minimum absolute atomic E-state index is 0.0515. The van der Waals surface area contributed by atoms with Crippen molar-refractivity contribution < 1.29 is 4.79 Å². The average Bonchev–Trinajstić information content (AvgIpc) is 3.45. The summed E-state index contributed by atoms with van der Waals surface area (Å²) in [5, 5.41) is 4.19. The van der Waals surface area contributed by atoms with E-state index >= 15 is 0 Å². The molecule has 3 heterocycles. The van der Waals surface area contributed by atoms with Crippen LogP contribution >= 0.6 is 0 Å². The number of carbonyl (C=O) groups is 1. The molecule has 0 spiro atoms. The van der Waals surface area contributed by atoms with Crippen LogP contribution in [0.1, 0.15) is 34.3 Å². The van der Waals surface area contributed by atoms with Crippen LogP contribution < -0.4 is 0 Å². The number of likely N-dealkylation sites (tertiary alicyclic amines) is 1. The molecule has 0 N–H and O–H groups in total. The molecule has 6 heteroatoms. The van der Waals surface area contributed by atoms with Crippen molar-refractivity contribution in [1.29, 1.82) is 0 Å². The first kappa shape index (κ1) is 22.0. The molecule has 0 unspecified atom stereocenters. The van der Waals surface area contributed by atoms with Gasteiger partial charge in [0.2, 0.25) is 0 Å². The van der Waals surface area contributed by atoms with Gasteiger partial charge in [0.25, 0.3) is 5.91 Å². The summed E-state index contributed by atoms with van der Waals surface area (Å²) < 4.78 is 1.69. The van der Waals surface area contributed by atoms with Crippen molar-refractivity contribution in [3.8, 4) is 5.82 Å². The molecule has 172 valence electrons. The second-order valence-corrected chi connectivity index (χ2v) is 8.76. The largest absolute Gasteiger partial charge is 0.338 e. The van der Waals surface area contributed by atoms with Crippen LogP contribution in [0.4, 0.5) is 0 Å². The van der Waals surface area contributed by atoms with Gasteiger partial charge < -0.3 is 4.90 Å². The van der Waals surface area contributed by atoms with Crippen LogP contribution in [-0.2, 0) is 13.1 Å². The Morgan fingerprint density at radius 1 is 0.853 bits per heavy atom. The summed E-state index contributed by atoms with van der Waals surface area (Å²) in [7, 11) is 0. The van der Waals surface area contributed by atoms with E-state index < -0.39 is 0 Å². The monoisotopic (exact) mass is 451 g/mol. The van der Waals surface area contributed by atoms with Crippen molar-refractivity contribution in [2.45, 2.75) is 32.0 Å². The van der Waals surface area contributed by atoms with Gasteiger partial charge in [0.1, 0.15) is 0 Å². The molecule has 0 bridgehead atoms. The second kappa shape index (κ2) is 10.4. The number of carbonyl (C=O) groups excluding carboxylic acids is 1.